The first-order chi connectivity index (χ1) is 10.6. The van der Waals surface area contributed by atoms with Crippen molar-refractivity contribution in [2.45, 2.75) is 22.6 Å². The summed E-state index contributed by atoms with van der Waals surface area (Å²) in [7, 11) is -3.90. The van der Waals surface area contributed by atoms with Gasteiger partial charge in [0.2, 0.25) is 0 Å². The molecule has 0 aromatic heterocycles. The van der Waals surface area contributed by atoms with Crippen molar-refractivity contribution in [1.29, 1.82) is 0 Å². The standard InChI is InChI=1S/C14H13Cl2NO5S/c1-13(8-14(13,15)16)12(19)22-7-6-17-11(18)9-4-2-3-5-10(9)23(17,20)21/h2-5H,6-8H2,1H3/t13-/m0/s1. The highest BCUT2D eigenvalue weighted by atomic mass is 35.5. The van der Waals surface area contributed by atoms with E-state index < -0.39 is 31.6 Å². The van der Waals surface area contributed by atoms with Crippen LogP contribution in [-0.2, 0) is 19.6 Å². The Balaban J connectivity index is 1.67. The molecule has 1 aromatic carbocycles. The maximum absolute atomic E-state index is 12.3. The number of rotatable bonds is 4. The Hall–Kier alpha value is -1.31. The molecule has 0 bridgehead atoms. The molecule has 2 aliphatic rings. The van der Waals surface area contributed by atoms with Crippen molar-refractivity contribution in [3.05, 3.63) is 29.8 Å². The molecule has 0 saturated heterocycles. The number of hydrogen-bond donors (Lipinski definition) is 0. The highest BCUT2D eigenvalue weighted by molar-refractivity contribution is 7.90. The zero-order valence-electron chi connectivity index (χ0n) is 12.1. The zero-order chi connectivity index (χ0) is 17.0. The van der Waals surface area contributed by atoms with E-state index in [4.69, 9.17) is 27.9 Å². The summed E-state index contributed by atoms with van der Waals surface area (Å²) in [6.45, 7) is 1.06. The number of hydrogen-bond acceptors (Lipinski definition) is 5. The Labute approximate surface area is 143 Å². The average molecular weight is 378 g/mol. The average Bonchev–Trinajstić information content (AvgIpc) is 2.95. The maximum atomic E-state index is 12.3. The van der Waals surface area contributed by atoms with Crippen molar-refractivity contribution < 1.29 is 22.7 Å². The molecular weight excluding hydrogens is 365 g/mol. The first kappa shape index (κ1) is 16.5. The molecule has 124 valence electrons. The number of benzene rings is 1. The summed E-state index contributed by atoms with van der Waals surface area (Å²) < 4.78 is 29.2. The fraction of sp³-hybridized carbons (Fsp3) is 0.429. The molecule has 1 fully saturated rings. The number of ether oxygens (including phenoxy) is 1. The summed E-state index contributed by atoms with van der Waals surface area (Å²) in [5.41, 5.74) is -0.874. The number of alkyl halides is 2. The lowest BCUT2D eigenvalue weighted by Crippen LogP contribution is -2.34. The first-order valence-electron chi connectivity index (χ1n) is 6.82. The van der Waals surface area contributed by atoms with Gasteiger partial charge in [-0.25, -0.2) is 12.7 Å². The van der Waals surface area contributed by atoms with E-state index in [0.29, 0.717) is 4.31 Å². The fourth-order valence-corrected chi connectivity index (χ4v) is 4.70. The number of amides is 1. The van der Waals surface area contributed by atoms with Gasteiger partial charge in [-0.1, -0.05) is 12.1 Å². The van der Waals surface area contributed by atoms with E-state index in [1.165, 1.54) is 12.1 Å². The largest absolute Gasteiger partial charge is 0.463 e. The number of carbonyl (C=O) groups is 2. The second-order valence-corrected chi connectivity index (χ2v) is 9.04. The van der Waals surface area contributed by atoms with Crippen molar-refractivity contribution in [2.24, 2.45) is 5.41 Å². The molecule has 9 heteroatoms. The number of sulfonamides is 1. The van der Waals surface area contributed by atoms with Crippen LogP contribution in [0.3, 0.4) is 0 Å². The van der Waals surface area contributed by atoms with E-state index in [9.17, 15) is 18.0 Å². The van der Waals surface area contributed by atoms with Gasteiger partial charge < -0.3 is 4.74 Å². The summed E-state index contributed by atoms with van der Waals surface area (Å²) >= 11 is 11.8. The van der Waals surface area contributed by atoms with Gasteiger partial charge in [-0.05, 0) is 19.1 Å². The molecule has 0 spiro atoms. The van der Waals surface area contributed by atoms with Crippen LogP contribution in [0.2, 0.25) is 0 Å². The van der Waals surface area contributed by atoms with Crippen LogP contribution in [0.5, 0.6) is 0 Å². The van der Waals surface area contributed by atoms with Gasteiger partial charge in [-0.2, -0.15) is 0 Å². The van der Waals surface area contributed by atoms with Crippen LogP contribution in [0.25, 0.3) is 0 Å². The molecule has 1 aliphatic heterocycles. The normalized spacial score (nSPS) is 26.7. The number of nitrogens with zero attached hydrogens (tertiary/aromatic N) is 1. The smallest absolute Gasteiger partial charge is 0.315 e. The van der Waals surface area contributed by atoms with Crippen LogP contribution in [0.15, 0.2) is 29.2 Å². The SMILES string of the molecule is C[C@@]1(C(=O)OCCN2C(=O)c3ccccc3S2(=O)=O)CC1(Cl)Cl. The third-order valence-corrected chi connectivity index (χ3v) is 7.09. The Morgan fingerprint density at radius 2 is 1.96 bits per heavy atom. The minimum absolute atomic E-state index is 0.0361. The van der Waals surface area contributed by atoms with Crippen molar-refractivity contribution in [2.75, 3.05) is 13.2 Å². The third kappa shape index (κ3) is 2.42. The van der Waals surface area contributed by atoms with Crippen molar-refractivity contribution in [3.63, 3.8) is 0 Å². The summed E-state index contributed by atoms with van der Waals surface area (Å²) in [5, 5.41) is 0. The summed E-state index contributed by atoms with van der Waals surface area (Å²) in [5.74, 6) is -1.23. The highest BCUT2D eigenvalue weighted by Crippen LogP contribution is 2.64. The molecule has 0 N–H and O–H groups in total. The molecular formula is C14H13Cl2NO5S. The van der Waals surface area contributed by atoms with Gasteiger partial charge in [0.05, 0.1) is 12.1 Å². The minimum atomic E-state index is -3.90. The Morgan fingerprint density at radius 1 is 1.35 bits per heavy atom. The second kappa shape index (κ2) is 5.09. The number of esters is 1. The van der Waals surface area contributed by atoms with Crippen LogP contribution in [0.1, 0.15) is 23.7 Å². The topological polar surface area (TPSA) is 80.8 Å². The van der Waals surface area contributed by atoms with Gasteiger partial charge in [0.25, 0.3) is 15.9 Å². The highest BCUT2D eigenvalue weighted by Gasteiger charge is 2.69. The van der Waals surface area contributed by atoms with E-state index in [2.05, 4.69) is 0 Å². The number of fused-ring (bicyclic) bond motifs is 1. The van der Waals surface area contributed by atoms with Crippen molar-refractivity contribution >= 4 is 45.1 Å². The number of carbonyl (C=O) groups excluding carboxylic acids is 2. The van der Waals surface area contributed by atoms with Crippen molar-refractivity contribution in [3.8, 4) is 0 Å². The Morgan fingerprint density at radius 3 is 2.52 bits per heavy atom. The summed E-state index contributed by atoms with van der Waals surface area (Å²) in [6.07, 6.45) is 0.272. The van der Waals surface area contributed by atoms with E-state index in [-0.39, 0.29) is 30.0 Å². The van der Waals surface area contributed by atoms with Crippen LogP contribution < -0.4 is 0 Å². The zero-order valence-corrected chi connectivity index (χ0v) is 14.4. The molecule has 1 heterocycles. The third-order valence-electron chi connectivity index (χ3n) is 4.15. The molecule has 0 unspecified atom stereocenters. The van der Waals surface area contributed by atoms with E-state index in [1.807, 2.05) is 0 Å². The molecule has 23 heavy (non-hydrogen) atoms. The molecule has 1 aliphatic carbocycles. The molecule has 1 amide bonds. The molecule has 6 nitrogen and oxygen atoms in total. The van der Waals surface area contributed by atoms with E-state index in [1.54, 1.807) is 19.1 Å². The quantitative estimate of drug-likeness (QED) is 0.591. The lowest BCUT2D eigenvalue weighted by molar-refractivity contribution is -0.149. The minimum Gasteiger partial charge on any atom is -0.463 e. The predicted octanol–water partition coefficient (Wildman–Crippen LogP) is 1.96. The molecule has 1 aromatic rings. The number of halogens is 2. The van der Waals surface area contributed by atoms with Gasteiger partial charge in [0, 0.05) is 6.42 Å². The van der Waals surface area contributed by atoms with Crippen LogP contribution in [0, 0.1) is 5.41 Å². The lowest BCUT2D eigenvalue weighted by atomic mass is 10.1. The van der Waals surface area contributed by atoms with Gasteiger partial charge in [-0.3, -0.25) is 9.59 Å². The monoisotopic (exact) mass is 377 g/mol. The molecule has 1 atom stereocenters. The van der Waals surface area contributed by atoms with Crippen LogP contribution in [0.4, 0.5) is 0 Å². The van der Waals surface area contributed by atoms with E-state index >= 15 is 0 Å². The van der Waals surface area contributed by atoms with Gasteiger partial charge in [0.1, 0.15) is 21.3 Å². The van der Waals surface area contributed by atoms with Gasteiger partial charge in [-0.15, -0.1) is 23.2 Å². The molecule has 0 radical (unpaired) electrons. The van der Waals surface area contributed by atoms with Gasteiger partial charge in [0.15, 0.2) is 0 Å². The Bertz CT molecular complexity index is 807. The van der Waals surface area contributed by atoms with E-state index in [0.717, 1.165) is 0 Å². The predicted molar refractivity (Wildman–Crippen MR) is 82.8 cm³/mol. The van der Waals surface area contributed by atoms with Crippen molar-refractivity contribution in [1.82, 2.24) is 4.31 Å². The van der Waals surface area contributed by atoms with Crippen LogP contribution >= 0.6 is 23.2 Å². The molecule has 3 rings (SSSR count). The fourth-order valence-electron chi connectivity index (χ4n) is 2.45. The molecule has 1 saturated carbocycles. The van der Waals surface area contributed by atoms with Gasteiger partial charge >= 0.3 is 5.97 Å². The Kier molecular flexibility index (Phi) is 3.66. The second-order valence-electron chi connectivity index (χ2n) is 5.73. The first-order valence-corrected chi connectivity index (χ1v) is 9.02. The summed E-state index contributed by atoms with van der Waals surface area (Å²) in [4.78, 5) is 24.1. The summed E-state index contributed by atoms with van der Waals surface area (Å²) in [6, 6.07) is 5.95. The maximum Gasteiger partial charge on any atom is 0.315 e. The van der Waals surface area contributed by atoms with Crippen LogP contribution in [-0.4, -0.2) is 42.1 Å². The lowest BCUT2D eigenvalue weighted by Gasteiger charge is -2.16.